The molecular weight excluding hydrogens is 236 g/mol. The second kappa shape index (κ2) is 5.74. The van der Waals surface area contributed by atoms with Gasteiger partial charge in [-0.2, -0.15) is 0 Å². The first-order valence-corrected chi connectivity index (χ1v) is 7.13. The minimum Gasteiger partial charge on any atom is -0.389 e. The van der Waals surface area contributed by atoms with Gasteiger partial charge in [-0.15, -0.1) is 0 Å². The summed E-state index contributed by atoms with van der Waals surface area (Å²) in [5.74, 6) is 0. The van der Waals surface area contributed by atoms with Crippen molar-refractivity contribution in [1.29, 1.82) is 0 Å². The zero-order valence-electron chi connectivity index (χ0n) is 12.1. The zero-order valence-corrected chi connectivity index (χ0v) is 12.1. The summed E-state index contributed by atoms with van der Waals surface area (Å²) in [6.07, 6.45) is 9.66. The number of nitrogens with zero attached hydrogens (tertiary/aromatic N) is 2. The van der Waals surface area contributed by atoms with Crippen molar-refractivity contribution in [2.45, 2.75) is 51.7 Å². The van der Waals surface area contributed by atoms with Gasteiger partial charge in [0.1, 0.15) is 0 Å². The first-order chi connectivity index (χ1) is 9.01. The van der Waals surface area contributed by atoms with E-state index >= 15 is 0 Å². The molecule has 1 aromatic heterocycles. The molecule has 0 fully saturated rings. The highest BCUT2D eigenvalue weighted by atomic mass is 16.3. The van der Waals surface area contributed by atoms with Crippen LogP contribution in [0.3, 0.4) is 0 Å². The van der Waals surface area contributed by atoms with Gasteiger partial charge >= 0.3 is 0 Å². The van der Waals surface area contributed by atoms with Crippen LogP contribution in [0.2, 0.25) is 0 Å². The molecule has 0 amide bonds. The van der Waals surface area contributed by atoms with E-state index in [1.807, 2.05) is 26.1 Å². The highest BCUT2D eigenvalue weighted by Gasteiger charge is 2.27. The quantitative estimate of drug-likeness (QED) is 0.883. The third-order valence-corrected chi connectivity index (χ3v) is 3.41. The van der Waals surface area contributed by atoms with E-state index in [1.54, 1.807) is 0 Å². The molecule has 1 atom stereocenters. The molecule has 3 nitrogen and oxygen atoms in total. The fourth-order valence-corrected chi connectivity index (χ4v) is 2.55. The standard InChI is InChI=1S/C16H24N2O/c1-4-5-7-13-9-10-14-15(8-6-11-17-14)18(13)12-16(2,3)19/h6,8-11,13,19H,4-5,7,12H2,1-3H3. The number of fused-ring (bicyclic) bond motifs is 1. The second-order valence-electron chi connectivity index (χ2n) is 5.92. The van der Waals surface area contributed by atoms with Crippen LogP contribution in [0.15, 0.2) is 24.4 Å². The number of hydrogen-bond acceptors (Lipinski definition) is 3. The van der Waals surface area contributed by atoms with Crippen LogP contribution in [0.25, 0.3) is 6.08 Å². The van der Waals surface area contributed by atoms with Crippen molar-refractivity contribution < 1.29 is 5.11 Å². The second-order valence-corrected chi connectivity index (χ2v) is 5.92. The van der Waals surface area contributed by atoms with Gasteiger partial charge in [0.05, 0.1) is 17.0 Å². The molecule has 1 aliphatic rings. The van der Waals surface area contributed by atoms with Crippen LogP contribution in [0, 0.1) is 0 Å². The fraction of sp³-hybridized carbons (Fsp3) is 0.562. The highest BCUT2D eigenvalue weighted by Crippen LogP contribution is 2.30. The highest BCUT2D eigenvalue weighted by molar-refractivity contribution is 5.69. The summed E-state index contributed by atoms with van der Waals surface area (Å²) in [7, 11) is 0. The van der Waals surface area contributed by atoms with Crippen molar-refractivity contribution >= 4 is 11.8 Å². The van der Waals surface area contributed by atoms with Crippen molar-refractivity contribution in [3.63, 3.8) is 0 Å². The smallest absolute Gasteiger partial charge is 0.0860 e. The van der Waals surface area contributed by atoms with E-state index in [4.69, 9.17) is 0 Å². The summed E-state index contributed by atoms with van der Waals surface area (Å²) in [6, 6.07) is 4.42. The van der Waals surface area contributed by atoms with Crippen LogP contribution in [0.4, 0.5) is 5.69 Å². The molecule has 1 N–H and O–H groups in total. The number of pyridine rings is 1. The lowest BCUT2D eigenvalue weighted by Crippen LogP contribution is -2.45. The number of unbranched alkanes of at least 4 members (excludes halogenated alkanes) is 1. The average Bonchev–Trinajstić information content (AvgIpc) is 2.36. The Kier molecular flexibility index (Phi) is 4.25. The van der Waals surface area contributed by atoms with Crippen molar-refractivity contribution in [2.75, 3.05) is 11.4 Å². The van der Waals surface area contributed by atoms with Crippen molar-refractivity contribution in [1.82, 2.24) is 4.98 Å². The third kappa shape index (κ3) is 3.57. The summed E-state index contributed by atoms with van der Waals surface area (Å²) >= 11 is 0. The van der Waals surface area contributed by atoms with Gasteiger partial charge in [0.15, 0.2) is 0 Å². The predicted octanol–water partition coefficient (Wildman–Crippen LogP) is 3.24. The summed E-state index contributed by atoms with van der Waals surface area (Å²) in [4.78, 5) is 6.69. The lowest BCUT2D eigenvalue weighted by atomic mass is 9.99. The van der Waals surface area contributed by atoms with Gasteiger partial charge in [-0.05, 0) is 38.5 Å². The van der Waals surface area contributed by atoms with Crippen molar-refractivity contribution in [3.8, 4) is 0 Å². The SMILES string of the molecule is CCCCC1C=Cc2ncccc2N1CC(C)(C)O. The molecular formula is C16H24N2O. The van der Waals surface area contributed by atoms with Crippen molar-refractivity contribution in [3.05, 3.63) is 30.1 Å². The van der Waals surface area contributed by atoms with Crippen LogP contribution in [-0.4, -0.2) is 28.3 Å². The van der Waals surface area contributed by atoms with Gasteiger partial charge in [0, 0.05) is 18.8 Å². The topological polar surface area (TPSA) is 36.4 Å². The lowest BCUT2D eigenvalue weighted by Gasteiger charge is -2.38. The normalized spacial score (nSPS) is 18.5. The Labute approximate surface area is 116 Å². The van der Waals surface area contributed by atoms with Crippen LogP contribution in [-0.2, 0) is 0 Å². The summed E-state index contributed by atoms with van der Waals surface area (Å²) < 4.78 is 0. The molecule has 2 heterocycles. The predicted molar refractivity (Wildman–Crippen MR) is 80.2 cm³/mol. The molecule has 0 aromatic carbocycles. The molecule has 0 spiro atoms. The summed E-state index contributed by atoms with van der Waals surface area (Å²) in [5.41, 5.74) is 1.43. The summed E-state index contributed by atoms with van der Waals surface area (Å²) in [5, 5.41) is 10.2. The number of anilines is 1. The largest absolute Gasteiger partial charge is 0.389 e. The van der Waals surface area contributed by atoms with E-state index < -0.39 is 5.60 Å². The Morgan fingerprint density at radius 2 is 2.21 bits per heavy atom. The van der Waals surface area contributed by atoms with Gasteiger partial charge < -0.3 is 10.0 Å². The molecule has 1 aromatic rings. The first-order valence-electron chi connectivity index (χ1n) is 7.13. The lowest BCUT2D eigenvalue weighted by molar-refractivity contribution is 0.0857. The Balaban J connectivity index is 2.27. The van der Waals surface area contributed by atoms with Gasteiger partial charge in [-0.25, -0.2) is 0 Å². The molecule has 2 rings (SSSR count). The Morgan fingerprint density at radius 1 is 1.42 bits per heavy atom. The maximum absolute atomic E-state index is 10.2. The molecule has 3 heteroatoms. The molecule has 0 bridgehead atoms. The molecule has 1 unspecified atom stereocenters. The Hall–Kier alpha value is -1.35. The zero-order chi connectivity index (χ0) is 13.9. The number of aliphatic hydroxyl groups is 1. The Morgan fingerprint density at radius 3 is 2.89 bits per heavy atom. The first kappa shape index (κ1) is 14.1. The number of hydrogen-bond donors (Lipinski definition) is 1. The third-order valence-electron chi connectivity index (χ3n) is 3.41. The van der Waals surface area contributed by atoms with Crippen LogP contribution in [0.5, 0.6) is 0 Å². The fourth-order valence-electron chi connectivity index (χ4n) is 2.55. The maximum atomic E-state index is 10.2. The summed E-state index contributed by atoms with van der Waals surface area (Å²) in [6.45, 7) is 6.56. The van der Waals surface area contributed by atoms with E-state index in [-0.39, 0.29) is 0 Å². The minimum atomic E-state index is -0.706. The molecule has 104 valence electrons. The van der Waals surface area contributed by atoms with Gasteiger partial charge in [-0.3, -0.25) is 4.98 Å². The van der Waals surface area contributed by atoms with Gasteiger partial charge in [0.2, 0.25) is 0 Å². The van der Waals surface area contributed by atoms with Crippen LogP contribution < -0.4 is 4.90 Å². The van der Waals surface area contributed by atoms with Crippen LogP contribution in [0.1, 0.15) is 45.7 Å². The minimum absolute atomic E-state index is 0.364. The van der Waals surface area contributed by atoms with E-state index in [0.29, 0.717) is 12.6 Å². The van der Waals surface area contributed by atoms with E-state index in [9.17, 15) is 5.11 Å². The number of aromatic nitrogens is 1. The van der Waals surface area contributed by atoms with E-state index in [0.717, 1.165) is 17.8 Å². The van der Waals surface area contributed by atoms with E-state index in [1.165, 1.54) is 12.8 Å². The average molecular weight is 260 g/mol. The number of rotatable bonds is 5. The molecule has 0 radical (unpaired) electrons. The number of β-amino-alcohol motifs (C(OH)–C–C–N with tert-alkyl or cyclic N) is 1. The molecule has 1 aliphatic heterocycles. The van der Waals surface area contributed by atoms with E-state index in [2.05, 4.69) is 35.0 Å². The molecule has 19 heavy (non-hydrogen) atoms. The van der Waals surface area contributed by atoms with Crippen LogP contribution >= 0.6 is 0 Å². The molecule has 0 saturated carbocycles. The van der Waals surface area contributed by atoms with Gasteiger partial charge in [0.25, 0.3) is 0 Å². The van der Waals surface area contributed by atoms with Crippen molar-refractivity contribution in [2.24, 2.45) is 0 Å². The maximum Gasteiger partial charge on any atom is 0.0860 e. The molecule has 0 aliphatic carbocycles. The monoisotopic (exact) mass is 260 g/mol. The Bertz CT molecular complexity index is 448. The van der Waals surface area contributed by atoms with Gasteiger partial charge in [-0.1, -0.05) is 25.8 Å². The molecule has 0 saturated heterocycles.